The number of aryl methyl sites for hydroxylation is 2. The predicted octanol–water partition coefficient (Wildman–Crippen LogP) is 6.28. The van der Waals surface area contributed by atoms with E-state index in [4.69, 9.17) is 4.98 Å². The zero-order chi connectivity index (χ0) is 21.2. The van der Waals surface area contributed by atoms with Gasteiger partial charge in [-0.25, -0.2) is 0 Å². The second kappa shape index (κ2) is 8.46. The summed E-state index contributed by atoms with van der Waals surface area (Å²) in [6.45, 7) is 4.29. The van der Waals surface area contributed by atoms with Crippen molar-refractivity contribution in [1.82, 2.24) is 4.98 Å². The number of hydrogen-bond acceptors (Lipinski definition) is 1. The average molecular weight is 417 g/mol. The maximum absolute atomic E-state index is 4.75. The van der Waals surface area contributed by atoms with Crippen molar-refractivity contribution in [2.24, 2.45) is 0 Å². The first kappa shape index (κ1) is 19.7. The fourth-order valence-corrected chi connectivity index (χ4v) is 6.27. The smallest absolute Gasteiger partial charge is 0.0780 e. The minimum Gasteiger partial charge on any atom is -0.256 e. The van der Waals surface area contributed by atoms with Gasteiger partial charge < -0.3 is 0 Å². The fourth-order valence-electron chi connectivity index (χ4n) is 3.98. The monoisotopic (exact) mass is 417 g/mol. The molecule has 0 bridgehead atoms. The summed E-state index contributed by atoms with van der Waals surface area (Å²) in [5.41, 5.74) is 4.79. The average Bonchev–Trinajstić information content (AvgIpc) is 2.81. The van der Waals surface area contributed by atoms with Crippen molar-refractivity contribution >= 4 is 34.6 Å². The van der Waals surface area contributed by atoms with Gasteiger partial charge in [-0.15, -0.1) is 0 Å². The maximum atomic E-state index is 4.75. The van der Waals surface area contributed by atoms with Crippen LogP contribution in [0.2, 0.25) is 0 Å². The number of aromatic nitrogens is 1. The fraction of sp³-hybridized carbons (Fsp3) is 0.0690. The third-order valence-corrected chi connectivity index (χ3v) is 8.06. The Labute approximate surface area is 185 Å². The summed E-state index contributed by atoms with van der Waals surface area (Å²) in [4.78, 5) is 4.75. The number of fused-ring (bicyclic) bond motifs is 1. The van der Waals surface area contributed by atoms with Gasteiger partial charge in [0.05, 0.1) is 5.69 Å². The van der Waals surface area contributed by atoms with Crippen LogP contribution in [-0.4, -0.2) is 4.98 Å². The van der Waals surface area contributed by atoms with Gasteiger partial charge in [-0.1, -0.05) is 102 Å². The normalized spacial score (nSPS) is 11.2. The summed E-state index contributed by atoms with van der Waals surface area (Å²) in [5, 5.41) is 6.49. The molecule has 1 aromatic heterocycles. The lowest BCUT2D eigenvalue weighted by atomic mass is 10.0. The van der Waals surface area contributed by atoms with Crippen LogP contribution in [-0.2, 0) is 0 Å². The lowest BCUT2D eigenvalue weighted by molar-refractivity contribution is 1.36. The Hall–Kier alpha value is -3.28. The third kappa shape index (κ3) is 4.02. The van der Waals surface area contributed by atoms with Crippen LogP contribution in [0.5, 0.6) is 0 Å². The lowest BCUT2D eigenvalue weighted by Crippen LogP contribution is -2.20. The Balaban J connectivity index is 1.67. The van der Waals surface area contributed by atoms with Gasteiger partial charge >= 0.3 is 0 Å². The van der Waals surface area contributed by atoms with Gasteiger partial charge in [0.15, 0.2) is 0 Å². The van der Waals surface area contributed by atoms with Gasteiger partial charge in [0, 0.05) is 17.1 Å². The van der Waals surface area contributed by atoms with Crippen molar-refractivity contribution in [3.63, 3.8) is 0 Å². The summed E-state index contributed by atoms with van der Waals surface area (Å²) >= 11 is 0. The van der Waals surface area contributed by atoms with Crippen molar-refractivity contribution in [1.29, 1.82) is 0 Å². The van der Waals surface area contributed by atoms with E-state index in [0.29, 0.717) is 0 Å². The van der Waals surface area contributed by atoms with Crippen molar-refractivity contribution in [2.45, 2.75) is 13.8 Å². The molecule has 0 aliphatic carbocycles. The maximum Gasteiger partial charge on any atom is 0.0780 e. The molecule has 2 heteroatoms. The van der Waals surface area contributed by atoms with E-state index in [1.54, 1.807) is 0 Å². The highest BCUT2D eigenvalue weighted by molar-refractivity contribution is 7.79. The largest absolute Gasteiger partial charge is 0.256 e. The molecule has 0 radical (unpaired) electrons. The van der Waals surface area contributed by atoms with Crippen LogP contribution in [0.25, 0.3) is 22.0 Å². The van der Waals surface area contributed by atoms with Crippen LogP contribution in [0.3, 0.4) is 0 Å². The predicted molar refractivity (Wildman–Crippen MR) is 135 cm³/mol. The molecule has 1 heterocycles. The van der Waals surface area contributed by atoms with Gasteiger partial charge in [-0.3, -0.25) is 4.98 Å². The molecular formula is C29H24NP. The molecule has 0 fully saturated rings. The van der Waals surface area contributed by atoms with Crippen molar-refractivity contribution < 1.29 is 0 Å². The van der Waals surface area contributed by atoms with Gasteiger partial charge in [-0.05, 0) is 55.2 Å². The van der Waals surface area contributed by atoms with E-state index in [-0.39, 0.29) is 0 Å². The van der Waals surface area contributed by atoms with Gasteiger partial charge in [0.1, 0.15) is 0 Å². The van der Waals surface area contributed by atoms with Crippen molar-refractivity contribution in [3.05, 3.63) is 120 Å². The standard InChI is InChI=1S/C29H24NP/c1-21-10-14-25(15-11-21)31(26-16-12-22(2)13-17-26)27-8-5-7-24(20-27)29-28-9-4-3-6-23(28)18-19-30-29/h3-20H,1-2H3. The molecule has 0 amide bonds. The molecule has 0 atom stereocenters. The molecule has 0 aliphatic heterocycles. The van der Waals surface area contributed by atoms with Crippen LogP contribution >= 0.6 is 7.92 Å². The molecule has 0 saturated carbocycles. The van der Waals surface area contributed by atoms with Crippen LogP contribution in [0, 0.1) is 13.8 Å². The zero-order valence-electron chi connectivity index (χ0n) is 17.8. The van der Waals surface area contributed by atoms with Crippen molar-refractivity contribution in [2.75, 3.05) is 0 Å². The molecule has 0 N–H and O–H groups in total. The molecule has 0 aliphatic rings. The SMILES string of the molecule is Cc1ccc(P(c2ccc(C)cc2)c2cccc(-c3nccc4ccccc34)c2)cc1. The molecule has 0 spiro atoms. The third-order valence-electron chi connectivity index (χ3n) is 5.64. The second-order valence-electron chi connectivity index (χ2n) is 7.94. The highest BCUT2D eigenvalue weighted by atomic mass is 31.1. The summed E-state index contributed by atoms with van der Waals surface area (Å²) < 4.78 is 0. The molecule has 1 nitrogen and oxygen atoms in total. The van der Waals surface area contributed by atoms with Crippen LogP contribution in [0.4, 0.5) is 0 Å². The second-order valence-corrected chi connectivity index (χ2v) is 10.2. The molecule has 0 saturated heterocycles. The van der Waals surface area contributed by atoms with Crippen LogP contribution < -0.4 is 15.9 Å². The first-order chi connectivity index (χ1) is 15.2. The van der Waals surface area contributed by atoms with Gasteiger partial charge in [-0.2, -0.15) is 0 Å². The van der Waals surface area contributed by atoms with Gasteiger partial charge in [0.2, 0.25) is 0 Å². The number of pyridine rings is 1. The molecule has 0 unspecified atom stereocenters. The number of benzene rings is 4. The van der Waals surface area contributed by atoms with E-state index in [9.17, 15) is 0 Å². The van der Waals surface area contributed by atoms with E-state index in [2.05, 4.69) is 117 Å². The summed E-state index contributed by atoms with van der Waals surface area (Å²) in [6.07, 6.45) is 1.91. The first-order valence-corrected chi connectivity index (χ1v) is 11.9. The molecule has 150 valence electrons. The summed E-state index contributed by atoms with van der Waals surface area (Å²) in [7, 11) is -0.648. The Morgan fingerprint density at radius 2 is 1.23 bits per heavy atom. The molecule has 31 heavy (non-hydrogen) atoms. The minimum atomic E-state index is -0.648. The van der Waals surface area contributed by atoms with E-state index < -0.39 is 7.92 Å². The molecular weight excluding hydrogens is 393 g/mol. The zero-order valence-corrected chi connectivity index (χ0v) is 18.7. The Morgan fingerprint density at radius 3 is 1.90 bits per heavy atom. The summed E-state index contributed by atoms with van der Waals surface area (Å²) in [5.74, 6) is 0. The number of hydrogen-bond donors (Lipinski definition) is 0. The van der Waals surface area contributed by atoms with Crippen molar-refractivity contribution in [3.8, 4) is 11.3 Å². The highest BCUT2D eigenvalue weighted by Crippen LogP contribution is 2.35. The highest BCUT2D eigenvalue weighted by Gasteiger charge is 2.17. The Kier molecular flexibility index (Phi) is 5.37. The summed E-state index contributed by atoms with van der Waals surface area (Å²) in [6, 6.07) is 37.5. The van der Waals surface area contributed by atoms with Gasteiger partial charge in [0.25, 0.3) is 0 Å². The number of rotatable bonds is 4. The van der Waals surface area contributed by atoms with Crippen LogP contribution in [0.1, 0.15) is 11.1 Å². The quantitative estimate of drug-likeness (QED) is 0.314. The molecule has 5 rings (SSSR count). The molecule has 5 aromatic rings. The van der Waals surface area contributed by atoms with Crippen LogP contribution in [0.15, 0.2) is 109 Å². The van der Waals surface area contributed by atoms with E-state index in [0.717, 1.165) is 5.69 Å². The number of nitrogens with zero attached hydrogens (tertiary/aromatic N) is 1. The van der Waals surface area contributed by atoms with E-state index >= 15 is 0 Å². The van der Waals surface area contributed by atoms with E-state index in [1.165, 1.54) is 43.4 Å². The first-order valence-electron chi connectivity index (χ1n) is 10.6. The topological polar surface area (TPSA) is 12.9 Å². The Bertz CT molecular complexity index is 1290. The molecule has 4 aromatic carbocycles. The lowest BCUT2D eigenvalue weighted by Gasteiger charge is -2.20. The Morgan fingerprint density at radius 1 is 0.581 bits per heavy atom. The minimum absolute atomic E-state index is 0.648. The van der Waals surface area contributed by atoms with E-state index in [1.807, 2.05) is 6.20 Å².